The monoisotopic (exact) mass is 272 g/mol. The number of nitrogens with one attached hydrogen (secondary N) is 1. The standard InChI is InChI=1S/C14H19F3N2/c1-18-13(11-3-2-8-19-9-11)10-4-6-12(7-5-10)14(15,16)17/h2-3,8-10,12-13,18H,4-7H2,1H3. The predicted molar refractivity (Wildman–Crippen MR) is 67.5 cm³/mol. The number of hydrogen-bond acceptors (Lipinski definition) is 2. The third-order valence-electron chi connectivity index (χ3n) is 4.06. The minimum absolute atomic E-state index is 0.0999. The minimum atomic E-state index is -4.03. The van der Waals surface area contributed by atoms with E-state index >= 15 is 0 Å². The molecular formula is C14H19F3N2. The summed E-state index contributed by atoms with van der Waals surface area (Å²) in [4.78, 5) is 4.08. The molecule has 0 aliphatic heterocycles. The molecule has 0 saturated heterocycles. The lowest BCUT2D eigenvalue weighted by Gasteiger charge is -2.34. The Bertz CT molecular complexity index is 383. The van der Waals surface area contributed by atoms with Gasteiger partial charge in [-0.2, -0.15) is 13.2 Å². The van der Waals surface area contributed by atoms with Gasteiger partial charge in [-0.1, -0.05) is 6.07 Å². The molecule has 1 heterocycles. The molecule has 1 atom stereocenters. The number of pyridine rings is 1. The maximum atomic E-state index is 12.6. The third-order valence-corrected chi connectivity index (χ3v) is 4.06. The lowest BCUT2D eigenvalue weighted by Crippen LogP contribution is -2.33. The van der Waals surface area contributed by atoms with E-state index in [1.54, 1.807) is 12.4 Å². The molecule has 106 valence electrons. The Balaban J connectivity index is 2.00. The second-order valence-corrected chi connectivity index (χ2v) is 5.21. The highest BCUT2D eigenvalue weighted by atomic mass is 19.4. The van der Waals surface area contributed by atoms with E-state index in [9.17, 15) is 13.2 Å². The fraction of sp³-hybridized carbons (Fsp3) is 0.643. The SMILES string of the molecule is CNC(c1cccnc1)C1CCC(C(F)(F)F)CC1. The summed E-state index contributed by atoms with van der Waals surface area (Å²) in [7, 11) is 1.85. The average Bonchev–Trinajstić information content (AvgIpc) is 2.40. The highest BCUT2D eigenvalue weighted by Crippen LogP contribution is 2.42. The van der Waals surface area contributed by atoms with Crippen molar-refractivity contribution < 1.29 is 13.2 Å². The summed E-state index contributed by atoms with van der Waals surface area (Å²) in [6.45, 7) is 0. The predicted octanol–water partition coefficient (Wildman–Crippen LogP) is 3.71. The zero-order valence-corrected chi connectivity index (χ0v) is 11.0. The highest BCUT2D eigenvalue weighted by molar-refractivity contribution is 5.15. The van der Waals surface area contributed by atoms with Crippen molar-refractivity contribution in [2.75, 3.05) is 7.05 Å². The van der Waals surface area contributed by atoms with Crippen LogP contribution < -0.4 is 5.32 Å². The molecule has 1 aromatic rings. The van der Waals surface area contributed by atoms with Gasteiger partial charge in [0, 0.05) is 18.4 Å². The Morgan fingerprint density at radius 2 is 1.95 bits per heavy atom. The molecule has 1 fully saturated rings. The van der Waals surface area contributed by atoms with Gasteiger partial charge >= 0.3 is 6.18 Å². The number of hydrogen-bond donors (Lipinski definition) is 1. The van der Waals surface area contributed by atoms with Gasteiger partial charge in [-0.05, 0) is 50.3 Å². The van der Waals surface area contributed by atoms with Crippen LogP contribution in [0, 0.1) is 11.8 Å². The number of rotatable bonds is 3. The Kier molecular flexibility index (Phi) is 4.45. The first kappa shape index (κ1) is 14.3. The van der Waals surface area contributed by atoms with E-state index in [0.29, 0.717) is 12.8 Å². The number of nitrogens with zero attached hydrogens (tertiary/aromatic N) is 1. The molecule has 2 rings (SSSR count). The molecule has 0 radical (unpaired) electrons. The van der Waals surface area contributed by atoms with E-state index in [1.165, 1.54) is 0 Å². The van der Waals surface area contributed by atoms with Gasteiger partial charge in [0.1, 0.15) is 0 Å². The Labute approximate surface area is 111 Å². The molecule has 1 aliphatic carbocycles. The molecule has 1 saturated carbocycles. The summed E-state index contributed by atoms with van der Waals surface area (Å²) in [6, 6.07) is 3.94. The molecule has 1 aromatic heterocycles. The van der Waals surface area contributed by atoms with Crippen molar-refractivity contribution in [3.63, 3.8) is 0 Å². The van der Waals surface area contributed by atoms with E-state index in [0.717, 1.165) is 5.56 Å². The van der Waals surface area contributed by atoms with Crippen molar-refractivity contribution in [3.05, 3.63) is 30.1 Å². The van der Waals surface area contributed by atoms with E-state index in [-0.39, 0.29) is 24.8 Å². The molecule has 0 amide bonds. The molecular weight excluding hydrogens is 253 g/mol. The van der Waals surface area contributed by atoms with Gasteiger partial charge in [0.2, 0.25) is 0 Å². The van der Waals surface area contributed by atoms with Crippen LogP contribution in [-0.2, 0) is 0 Å². The molecule has 1 N–H and O–H groups in total. The van der Waals surface area contributed by atoms with Crippen LogP contribution in [0.3, 0.4) is 0 Å². The minimum Gasteiger partial charge on any atom is -0.313 e. The van der Waals surface area contributed by atoms with Crippen molar-refractivity contribution in [2.24, 2.45) is 11.8 Å². The van der Waals surface area contributed by atoms with Crippen LogP contribution in [0.15, 0.2) is 24.5 Å². The van der Waals surface area contributed by atoms with E-state index in [4.69, 9.17) is 0 Å². The first-order valence-electron chi connectivity index (χ1n) is 6.66. The smallest absolute Gasteiger partial charge is 0.313 e. The van der Waals surface area contributed by atoms with Crippen molar-refractivity contribution in [3.8, 4) is 0 Å². The van der Waals surface area contributed by atoms with Gasteiger partial charge < -0.3 is 5.32 Å². The van der Waals surface area contributed by atoms with Gasteiger partial charge in [0.25, 0.3) is 0 Å². The highest BCUT2D eigenvalue weighted by Gasteiger charge is 2.42. The molecule has 2 nitrogen and oxygen atoms in total. The lowest BCUT2D eigenvalue weighted by atomic mass is 9.76. The fourth-order valence-electron chi connectivity index (χ4n) is 3.01. The van der Waals surface area contributed by atoms with Gasteiger partial charge in [-0.25, -0.2) is 0 Å². The molecule has 0 bridgehead atoms. The first-order valence-corrected chi connectivity index (χ1v) is 6.66. The topological polar surface area (TPSA) is 24.9 Å². The van der Waals surface area contributed by atoms with Crippen molar-refractivity contribution in [2.45, 2.75) is 37.9 Å². The van der Waals surface area contributed by atoms with Crippen LogP contribution in [0.5, 0.6) is 0 Å². The second kappa shape index (κ2) is 5.90. The van der Waals surface area contributed by atoms with E-state index < -0.39 is 12.1 Å². The van der Waals surface area contributed by atoms with Crippen LogP contribution in [0.4, 0.5) is 13.2 Å². The summed E-state index contributed by atoms with van der Waals surface area (Å²) in [5.41, 5.74) is 1.06. The number of halogens is 3. The quantitative estimate of drug-likeness (QED) is 0.907. The molecule has 1 unspecified atom stereocenters. The lowest BCUT2D eigenvalue weighted by molar-refractivity contribution is -0.184. The van der Waals surface area contributed by atoms with Crippen LogP contribution in [0.25, 0.3) is 0 Å². The largest absolute Gasteiger partial charge is 0.391 e. The van der Waals surface area contributed by atoms with Gasteiger partial charge in [-0.3, -0.25) is 4.98 Å². The Hall–Kier alpha value is -1.10. The fourth-order valence-corrected chi connectivity index (χ4v) is 3.01. The third kappa shape index (κ3) is 3.47. The molecule has 1 aliphatic rings. The molecule has 0 aromatic carbocycles. The molecule has 0 spiro atoms. The van der Waals surface area contributed by atoms with Crippen LogP contribution in [0.2, 0.25) is 0 Å². The van der Waals surface area contributed by atoms with Gasteiger partial charge in [0.15, 0.2) is 0 Å². The summed E-state index contributed by atoms with van der Waals surface area (Å²) in [5, 5.41) is 3.22. The number of aromatic nitrogens is 1. The van der Waals surface area contributed by atoms with Gasteiger partial charge in [-0.15, -0.1) is 0 Å². The van der Waals surface area contributed by atoms with Crippen LogP contribution in [0.1, 0.15) is 37.3 Å². The summed E-state index contributed by atoms with van der Waals surface area (Å²) in [6.07, 6.45) is 1.18. The van der Waals surface area contributed by atoms with Crippen molar-refractivity contribution in [1.29, 1.82) is 0 Å². The van der Waals surface area contributed by atoms with Crippen molar-refractivity contribution in [1.82, 2.24) is 10.3 Å². The summed E-state index contributed by atoms with van der Waals surface area (Å²) in [5.74, 6) is -0.858. The van der Waals surface area contributed by atoms with Crippen LogP contribution in [-0.4, -0.2) is 18.2 Å². The Morgan fingerprint density at radius 1 is 1.26 bits per heavy atom. The molecule has 5 heteroatoms. The zero-order valence-electron chi connectivity index (χ0n) is 11.0. The van der Waals surface area contributed by atoms with E-state index in [1.807, 2.05) is 19.2 Å². The normalized spacial score (nSPS) is 26.1. The van der Waals surface area contributed by atoms with Crippen LogP contribution >= 0.6 is 0 Å². The average molecular weight is 272 g/mol. The van der Waals surface area contributed by atoms with Gasteiger partial charge in [0.05, 0.1) is 5.92 Å². The maximum absolute atomic E-state index is 12.6. The first-order chi connectivity index (χ1) is 9.02. The van der Waals surface area contributed by atoms with Crippen molar-refractivity contribution >= 4 is 0 Å². The summed E-state index contributed by atoms with van der Waals surface area (Å²) < 4.78 is 37.9. The second-order valence-electron chi connectivity index (χ2n) is 5.21. The molecule has 19 heavy (non-hydrogen) atoms. The summed E-state index contributed by atoms with van der Waals surface area (Å²) >= 11 is 0. The van der Waals surface area contributed by atoms with E-state index in [2.05, 4.69) is 10.3 Å². The maximum Gasteiger partial charge on any atom is 0.391 e. The zero-order chi connectivity index (χ0) is 13.9. The Morgan fingerprint density at radius 3 is 2.42 bits per heavy atom. The number of alkyl halides is 3.